The molecule has 1 aliphatic heterocycles. The lowest BCUT2D eigenvalue weighted by atomic mass is 10.0. The lowest BCUT2D eigenvalue weighted by Crippen LogP contribution is -2.47. The van der Waals surface area contributed by atoms with Gasteiger partial charge >= 0.3 is 0 Å². The first-order chi connectivity index (χ1) is 8.97. The van der Waals surface area contributed by atoms with Crippen LogP contribution in [0.2, 0.25) is 0 Å². The lowest BCUT2D eigenvalue weighted by Gasteiger charge is -2.23. The van der Waals surface area contributed by atoms with E-state index in [1.807, 2.05) is 13.8 Å². The van der Waals surface area contributed by atoms with Crippen molar-refractivity contribution in [2.24, 2.45) is 0 Å². The van der Waals surface area contributed by atoms with Gasteiger partial charge in [-0.1, -0.05) is 19.9 Å². The fourth-order valence-electron chi connectivity index (χ4n) is 2.12. The highest BCUT2D eigenvalue weighted by Crippen LogP contribution is 2.22. The van der Waals surface area contributed by atoms with Gasteiger partial charge < -0.3 is 5.32 Å². The SMILES string of the molecule is CC(C)c1ccc(NC2CCC(=O)NC2=O)cc1F. The number of carbonyl (C=O) groups excluding carboxylic acids is 2. The van der Waals surface area contributed by atoms with E-state index in [2.05, 4.69) is 10.6 Å². The maximum atomic E-state index is 13.8. The van der Waals surface area contributed by atoms with Crippen LogP contribution in [0.25, 0.3) is 0 Å². The van der Waals surface area contributed by atoms with Gasteiger partial charge in [-0.25, -0.2) is 4.39 Å². The summed E-state index contributed by atoms with van der Waals surface area (Å²) in [5, 5.41) is 5.21. The van der Waals surface area contributed by atoms with Crippen molar-refractivity contribution in [2.45, 2.75) is 38.6 Å². The van der Waals surface area contributed by atoms with Crippen molar-refractivity contribution in [3.8, 4) is 0 Å². The van der Waals surface area contributed by atoms with Crippen molar-refractivity contribution in [2.75, 3.05) is 5.32 Å². The molecule has 0 aliphatic carbocycles. The van der Waals surface area contributed by atoms with Gasteiger partial charge in [-0.3, -0.25) is 14.9 Å². The molecule has 2 N–H and O–H groups in total. The second-order valence-electron chi connectivity index (χ2n) is 5.04. The second-order valence-corrected chi connectivity index (χ2v) is 5.04. The van der Waals surface area contributed by atoms with Crippen molar-refractivity contribution in [3.05, 3.63) is 29.6 Å². The zero-order chi connectivity index (χ0) is 14.0. The molecule has 1 heterocycles. The van der Waals surface area contributed by atoms with Crippen molar-refractivity contribution < 1.29 is 14.0 Å². The highest BCUT2D eigenvalue weighted by Gasteiger charge is 2.26. The van der Waals surface area contributed by atoms with E-state index in [0.717, 1.165) is 0 Å². The van der Waals surface area contributed by atoms with Crippen LogP contribution in [0.15, 0.2) is 18.2 Å². The van der Waals surface area contributed by atoms with Gasteiger partial charge in [-0.05, 0) is 30.0 Å². The van der Waals surface area contributed by atoms with Crippen molar-refractivity contribution in [1.29, 1.82) is 0 Å². The number of hydrogen-bond donors (Lipinski definition) is 2. The molecular formula is C14H17FN2O2. The molecule has 1 aromatic carbocycles. The fourth-order valence-corrected chi connectivity index (χ4v) is 2.12. The molecule has 2 amide bonds. The minimum Gasteiger partial charge on any atom is -0.374 e. The number of halogens is 1. The normalized spacial score (nSPS) is 19.5. The summed E-state index contributed by atoms with van der Waals surface area (Å²) in [4.78, 5) is 22.6. The Bertz CT molecular complexity index is 514. The Balaban J connectivity index is 2.09. The number of benzene rings is 1. The third-order valence-corrected chi connectivity index (χ3v) is 3.20. The quantitative estimate of drug-likeness (QED) is 0.823. The predicted molar refractivity (Wildman–Crippen MR) is 70.3 cm³/mol. The number of hydrogen-bond acceptors (Lipinski definition) is 3. The molecule has 1 aromatic rings. The van der Waals surface area contributed by atoms with Gasteiger partial charge in [0, 0.05) is 12.1 Å². The van der Waals surface area contributed by atoms with E-state index in [0.29, 0.717) is 24.1 Å². The van der Waals surface area contributed by atoms with Crippen LogP contribution in [-0.4, -0.2) is 17.9 Å². The summed E-state index contributed by atoms with van der Waals surface area (Å²) in [6, 6.07) is 4.37. The van der Waals surface area contributed by atoms with Gasteiger partial charge in [-0.15, -0.1) is 0 Å². The highest BCUT2D eigenvalue weighted by molar-refractivity contribution is 6.01. The Kier molecular flexibility index (Phi) is 3.83. The first kappa shape index (κ1) is 13.5. The van der Waals surface area contributed by atoms with E-state index >= 15 is 0 Å². The molecule has 1 atom stereocenters. The molecule has 102 valence electrons. The van der Waals surface area contributed by atoms with Crippen molar-refractivity contribution >= 4 is 17.5 Å². The molecule has 5 heteroatoms. The summed E-state index contributed by atoms with van der Waals surface area (Å²) in [5.74, 6) is -0.786. The molecule has 0 radical (unpaired) electrons. The Morgan fingerprint density at radius 2 is 2.11 bits per heavy atom. The molecular weight excluding hydrogens is 247 g/mol. The monoisotopic (exact) mass is 264 g/mol. The molecule has 2 rings (SSSR count). The predicted octanol–water partition coefficient (Wildman–Crippen LogP) is 2.17. The Labute approximate surface area is 111 Å². The average molecular weight is 264 g/mol. The third kappa shape index (κ3) is 3.10. The molecule has 0 spiro atoms. The highest BCUT2D eigenvalue weighted by atomic mass is 19.1. The molecule has 0 bridgehead atoms. The summed E-state index contributed by atoms with van der Waals surface area (Å²) in [5.41, 5.74) is 1.20. The van der Waals surface area contributed by atoms with Crippen LogP contribution in [0.4, 0.5) is 10.1 Å². The molecule has 0 aromatic heterocycles. The minimum atomic E-state index is -0.484. The van der Waals surface area contributed by atoms with Crippen LogP contribution in [0, 0.1) is 5.82 Å². The molecule has 1 aliphatic rings. The molecule has 1 unspecified atom stereocenters. The number of nitrogens with one attached hydrogen (secondary N) is 2. The van der Waals surface area contributed by atoms with E-state index in [9.17, 15) is 14.0 Å². The largest absolute Gasteiger partial charge is 0.374 e. The van der Waals surface area contributed by atoms with Gasteiger partial charge in [-0.2, -0.15) is 0 Å². The zero-order valence-corrected chi connectivity index (χ0v) is 11.0. The first-order valence-corrected chi connectivity index (χ1v) is 6.37. The first-order valence-electron chi connectivity index (χ1n) is 6.37. The van der Waals surface area contributed by atoms with Crippen LogP contribution in [0.5, 0.6) is 0 Å². The third-order valence-electron chi connectivity index (χ3n) is 3.20. The number of carbonyl (C=O) groups is 2. The maximum Gasteiger partial charge on any atom is 0.249 e. The average Bonchev–Trinajstić information content (AvgIpc) is 2.32. The van der Waals surface area contributed by atoms with Gasteiger partial charge in [0.25, 0.3) is 0 Å². The number of imide groups is 1. The summed E-state index contributed by atoms with van der Waals surface area (Å²) in [7, 11) is 0. The maximum absolute atomic E-state index is 13.8. The van der Waals surface area contributed by atoms with E-state index in [1.54, 1.807) is 12.1 Å². The van der Waals surface area contributed by atoms with Crippen LogP contribution < -0.4 is 10.6 Å². The minimum absolute atomic E-state index is 0.115. The topological polar surface area (TPSA) is 58.2 Å². The smallest absolute Gasteiger partial charge is 0.249 e. The molecule has 1 saturated heterocycles. The van der Waals surface area contributed by atoms with E-state index in [4.69, 9.17) is 0 Å². The van der Waals surface area contributed by atoms with Gasteiger partial charge in [0.15, 0.2) is 0 Å². The lowest BCUT2D eigenvalue weighted by molar-refractivity contribution is -0.133. The van der Waals surface area contributed by atoms with E-state index in [1.165, 1.54) is 6.07 Å². The van der Waals surface area contributed by atoms with Crippen LogP contribution in [0.3, 0.4) is 0 Å². The number of rotatable bonds is 3. The van der Waals surface area contributed by atoms with Gasteiger partial charge in [0.05, 0.1) is 0 Å². The van der Waals surface area contributed by atoms with E-state index < -0.39 is 6.04 Å². The second kappa shape index (κ2) is 5.38. The summed E-state index contributed by atoms with van der Waals surface area (Å²) in [6.45, 7) is 3.84. The van der Waals surface area contributed by atoms with Crippen LogP contribution in [0.1, 0.15) is 38.2 Å². The summed E-state index contributed by atoms with van der Waals surface area (Å²) >= 11 is 0. The molecule has 0 saturated carbocycles. The number of piperidine rings is 1. The van der Waals surface area contributed by atoms with Crippen LogP contribution >= 0.6 is 0 Å². The van der Waals surface area contributed by atoms with Gasteiger partial charge in [0.2, 0.25) is 11.8 Å². The number of anilines is 1. The van der Waals surface area contributed by atoms with Crippen molar-refractivity contribution in [3.63, 3.8) is 0 Å². The van der Waals surface area contributed by atoms with Gasteiger partial charge in [0.1, 0.15) is 11.9 Å². The number of amides is 2. The van der Waals surface area contributed by atoms with Crippen LogP contribution in [-0.2, 0) is 9.59 Å². The Morgan fingerprint density at radius 1 is 1.37 bits per heavy atom. The summed E-state index contributed by atoms with van der Waals surface area (Å²) < 4.78 is 13.8. The fraction of sp³-hybridized carbons (Fsp3) is 0.429. The Morgan fingerprint density at radius 3 is 2.68 bits per heavy atom. The standard InChI is InChI=1S/C14H17FN2O2/c1-8(2)10-4-3-9(7-11(10)15)16-12-5-6-13(18)17-14(12)19/h3-4,7-8,12,16H,5-6H2,1-2H3,(H,17,18,19). The zero-order valence-electron chi connectivity index (χ0n) is 11.0. The molecule has 19 heavy (non-hydrogen) atoms. The van der Waals surface area contributed by atoms with Crippen molar-refractivity contribution in [1.82, 2.24) is 5.32 Å². The van der Waals surface area contributed by atoms with E-state index in [-0.39, 0.29) is 23.5 Å². The molecule has 1 fully saturated rings. The Hall–Kier alpha value is -1.91. The molecule has 4 nitrogen and oxygen atoms in total. The summed E-state index contributed by atoms with van der Waals surface area (Å²) in [6.07, 6.45) is 0.730.